The van der Waals surface area contributed by atoms with Gasteiger partial charge in [-0.1, -0.05) is 6.07 Å². The van der Waals surface area contributed by atoms with Crippen molar-refractivity contribution in [3.8, 4) is 22.9 Å². The van der Waals surface area contributed by atoms with Crippen molar-refractivity contribution in [2.75, 3.05) is 6.61 Å². The largest absolute Gasteiger partial charge is 0.481 e. The van der Waals surface area contributed by atoms with E-state index in [1.807, 2.05) is 19.1 Å². The van der Waals surface area contributed by atoms with E-state index in [1.165, 1.54) is 6.07 Å². The van der Waals surface area contributed by atoms with E-state index >= 15 is 0 Å². The fourth-order valence-electron chi connectivity index (χ4n) is 6.13. The van der Waals surface area contributed by atoms with Crippen molar-refractivity contribution in [3.05, 3.63) is 70.8 Å². The zero-order valence-electron chi connectivity index (χ0n) is 21.0. The van der Waals surface area contributed by atoms with Gasteiger partial charge in [-0.2, -0.15) is 0 Å². The van der Waals surface area contributed by atoms with Crippen LogP contribution in [0.4, 0.5) is 4.39 Å². The molecule has 2 N–H and O–H groups in total. The molecule has 2 bridgehead atoms. The Labute approximate surface area is 214 Å². The number of carbonyl (C=O) groups is 1. The van der Waals surface area contributed by atoms with Gasteiger partial charge in [-0.15, -0.1) is 0 Å². The van der Waals surface area contributed by atoms with E-state index in [0.29, 0.717) is 36.8 Å². The van der Waals surface area contributed by atoms with E-state index in [4.69, 9.17) is 9.47 Å². The van der Waals surface area contributed by atoms with E-state index in [9.17, 15) is 19.4 Å². The normalized spacial score (nSPS) is 24.3. The van der Waals surface area contributed by atoms with Crippen LogP contribution in [0.2, 0.25) is 0 Å². The second-order valence-electron chi connectivity index (χ2n) is 11.0. The molecule has 0 radical (unpaired) electrons. The molecule has 7 rings (SSSR count). The molecular formula is C29H29FN2O5. The van der Waals surface area contributed by atoms with Crippen molar-refractivity contribution in [2.24, 2.45) is 11.3 Å². The van der Waals surface area contributed by atoms with Gasteiger partial charge in [0.2, 0.25) is 11.8 Å². The number of carboxylic acid groups (broad SMARTS) is 1. The van der Waals surface area contributed by atoms with Gasteiger partial charge < -0.3 is 19.7 Å². The van der Waals surface area contributed by atoms with E-state index < -0.39 is 17.0 Å². The molecule has 0 amide bonds. The number of hydrogen-bond donors (Lipinski definition) is 2. The molecule has 37 heavy (non-hydrogen) atoms. The van der Waals surface area contributed by atoms with Crippen LogP contribution in [-0.4, -0.2) is 38.4 Å². The molecule has 4 atom stereocenters. The lowest BCUT2D eigenvalue weighted by atomic mass is 10.0. The average Bonchev–Trinajstić information content (AvgIpc) is 3.64. The lowest BCUT2D eigenvalue weighted by molar-refractivity contribution is -0.141. The van der Waals surface area contributed by atoms with Crippen molar-refractivity contribution < 1.29 is 28.9 Å². The van der Waals surface area contributed by atoms with Crippen LogP contribution in [-0.2, 0) is 11.4 Å². The molecule has 0 spiro atoms. The molecule has 2 saturated carbocycles. The van der Waals surface area contributed by atoms with Gasteiger partial charge >= 0.3 is 5.97 Å². The minimum Gasteiger partial charge on any atom is -0.481 e. The first-order valence-electron chi connectivity index (χ1n) is 12.6. The number of aliphatic hydroxyl groups is 1. The van der Waals surface area contributed by atoms with E-state index in [0.717, 1.165) is 27.9 Å². The molecule has 0 aliphatic heterocycles. The second-order valence-corrected chi connectivity index (χ2v) is 11.0. The number of carboxylic acids is 1. The van der Waals surface area contributed by atoms with Gasteiger partial charge in [0.05, 0.1) is 17.6 Å². The van der Waals surface area contributed by atoms with Crippen LogP contribution in [0.25, 0.3) is 11.1 Å². The predicted octanol–water partition coefficient (Wildman–Crippen LogP) is 5.00. The summed E-state index contributed by atoms with van der Waals surface area (Å²) in [7, 11) is 0. The minimum absolute atomic E-state index is 0.00192. The summed E-state index contributed by atoms with van der Waals surface area (Å²) >= 11 is 0. The second kappa shape index (κ2) is 8.25. The third-order valence-corrected chi connectivity index (χ3v) is 8.04. The highest BCUT2D eigenvalue weighted by Crippen LogP contribution is 2.96. The quantitative estimate of drug-likeness (QED) is 0.375. The molecule has 3 aromatic rings. The van der Waals surface area contributed by atoms with Crippen molar-refractivity contribution in [1.29, 1.82) is 0 Å². The number of ether oxygens (including phenoxy) is 2. The number of halogens is 1. The van der Waals surface area contributed by atoms with E-state index in [-0.39, 0.29) is 30.2 Å². The summed E-state index contributed by atoms with van der Waals surface area (Å²) in [6, 6.07) is 10.4. The summed E-state index contributed by atoms with van der Waals surface area (Å²) in [6.45, 7) is 5.89. The number of hydrogen-bond acceptors (Lipinski definition) is 6. The Morgan fingerprint density at radius 1 is 1.11 bits per heavy atom. The Morgan fingerprint density at radius 3 is 2.59 bits per heavy atom. The van der Waals surface area contributed by atoms with Gasteiger partial charge in [0.15, 0.2) is 0 Å². The fourth-order valence-corrected chi connectivity index (χ4v) is 6.13. The summed E-state index contributed by atoms with van der Waals surface area (Å²) in [6.07, 6.45) is 3.07. The molecule has 192 valence electrons. The molecule has 2 heterocycles. The molecular weight excluding hydrogens is 475 g/mol. The predicted molar refractivity (Wildman–Crippen MR) is 133 cm³/mol. The number of pyridine rings is 2. The number of aryl methyl sites for hydroxylation is 1. The van der Waals surface area contributed by atoms with Gasteiger partial charge in [-0.3, -0.25) is 4.79 Å². The molecule has 4 aliphatic carbocycles. The fraction of sp³-hybridized carbons (Fsp3) is 0.414. The summed E-state index contributed by atoms with van der Waals surface area (Å²) < 4.78 is 26.2. The third kappa shape index (κ3) is 3.85. The average molecular weight is 505 g/mol. The summed E-state index contributed by atoms with van der Waals surface area (Å²) in [5.41, 5.74) is 3.55. The van der Waals surface area contributed by atoms with E-state index in [1.54, 1.807) is 38.2 Å². The Balaban J connectivity index is 1.12. The zero-order chi connectivity index (χ0) is 26.1. The first kappa shape index (κ1) is 23.9. The van der Waals surface area contributed by atoms with Crippen molar-refractivity contribution in [2.45, 2.75) is 57.7 Å². The SMILES string of the molecule is Cc1nc(OCCCC(C)(C)O)ccc1-c1ccc(F)c(COc2cc3c(cn2)[C@H]2[C@H]4C3[C@@]42C(=O)O)c1. The smallest absolute Gasteiger partial charge is 0.311 e. The minimum atomic E-state index is -0.722. The van der Waals surface area contributed by atoms with Crippen LogP contribution in [0.15, 0.2) is 42.6 Å². The number of benzene rings is 1. The van der Waals surface area contributed by atoms with Gasteiger partial charge in [0, 0.05) is 47.0 Å². The van der Waals surface area contributed by atoms with Crippen LogP contribution >= 0.6 is 0 Å². The molecule has 1 aromatic carbocycles. The van der Waals surface area contributed by atoms with Crippen LogP contribution in [0.3, 0.4) is 0 Å². The van der Waals surface area contributed by atoms with E-state index in [2.05, 4.69) is 9.97 Å². The maximum atomic E-state index is 14.6. The molecule has 2 aromatic heterocycles. The van der Waals surface area contributed by atoms with Crippen LogP contribution < -0.4 is 9.47 Å². The van der Waals surface area contributed by atoms with Crippen LogP contribution in [0.1, 0.15) is 60.9 Å². The summed E-state index contributed by atoms with van der Waals surface area (Å²) in [5, 5.41) is 19.4. The van der Waals surface area contributed by atoms with Crippen LogP contribution in [0, 0.1) is 24.1 Å². The van der Waals surface area contributed by atoms with Crippen molar-refractivity contribution in [3.63, 3.8) is 0 Å². The number of nitrogens with zero attached hydrogens (tertiary/aromatic N) is 2. The van der Waals surface area contributed by atoms with Gasteiger partial charge in [0.25, 0.3) is 0 Å². The van der Waals surface area contributed by atoms with Gasteiger partial charge in [-0.25, -0.2) is 14.4 Å². The highest BCUT2D eigenvalue weighted by Gasteiger charge is 2.95. The first-order valence-corrected chi connectivity index (χ1v) is 12.6. The summed E-state index contributed by atoms with van der Waals surface area (Å²) in [5.74, 6) is 0.169. The van der Waals surface area contributed by atoms with Gasteiger partial charge in [0.1, 0.15) is 12.4 Å². The number of aromatic nitrogens is 2. The third-order valence-electron chi connectivity index (χ3n) is 8.04. The molecule has 0 saturated heterocycles. The maximum Gasteiger partial charge on any atom is 0.311 e. The molecule has 8 heteroatoms. The van der Waals surface area contributed by atoms with Crippen LogP contribution in [0.5, 0.6) is 11.8 Å². The van der Waals surface area contributed by atoms with Crippen molar-refractivity contribution >= 4 is 5.97 Å². The number of aliphatic carboxylic acids is 1. The van der Waals surface area contributed by atoms with Gasteiger partial charge in [-0.05, 0) is 74.4 Å². The zero-order valence-corrected chi connectivity index (χ0v) is 21.0. The Bertz CT molecular complexity index is 1420. The highest BCUT2D eigenvalue weighted by atomic mass is 19.1. The Kier molecular flexibility index (Phi) is 5.32. The molecule has 1 unspecified atom stereocenters. The lowest BCUT2D eigenvalue weighted by Gasteiger charge is -2.16. The Morgan fingerprint density at radius 2 is 1.89 bits per heavy atom. The first-order chi connectivity index (χ1) is 17.6. The molecule has 4 aliphatic rings. The van der Waals surface area contributed by atoms with Crippen molar-refractivity contribution in [1.82, 2.24) is 9.97 Å². The lowest BCUT2D eigenvalue weighted by Crippen LogP contribution is -2.19. The maximum absolute atomic E-state index is 14.6. The molecule has 7 nitrogen and oxygen atoms in total. The number of rotatable bonds is 10. The standard InChI is InChI=1S/C29H29FN2O5/c1-15-18(6-8-22(32-15)36-10-4-9-28(2,3)35)16-5-7-21(30)17(11-16)14-37-23-12-19-20(13-31-23)25-26-24(19)29(25,26)27(33)34/h5-8,11-13,24-26,35H,4,9-10,14H2,1-3H3,(H,33,34)/t24?,25-,26+,29-/m0/s1. The monoisotopic (exact) mass is 504 g/mol. The molecule has 2 fully saturated rings. The Hall–Kier alpha value is -3.52. The summed E-state index contributed by atoms with van der Waals surface area (Å²) in [4.78, 5) is 20.5. The highest BCUT2D eigenvalue weighted by molar-refractivity contribution is 5.93. The topological polar surface area (TPSA) is 102 Å².